The van der Waals surface area contributed by atoms with Crippen LogP contribution in [0.1, 0.15) is 60.9 Å². The Morgan fingerprint density at radius 2 is 1.77 bits per heavy atom. The summed E-state index contributed by atoms with van der Waals surface area (Å²) in [5.74, 6) is 0.983. The van der Waals surface area contributed by atoms with Crippen LogP contribution in [0.15, 0.2) is 29.3 Å². The molecule has 1 saturated carbocycles. The van der Waals surface area contributed by atoms with Crippen LogP contribution >= 0.6 is 0 Å². The van der Waals surface area contributed by atoms with Gasteiger partial charge in [0.15, 0.2) is 5.96 Å². The first-order valence-corrected chi connectivity index (χ1v) is 11.5. The molecule has 2 aliphatic rings. The Bertz CT molecular complexity index is 793. The van der Waals surface area contributed by atoms with Crippen LogP contribution in [0.2, 0.25) is 0 Å². The molecule has 0 aromatic heterocycles. The van der Waals surface area contributed by atoms with E-state index in [1.54, 1.807) is 11.9 Å². The van der Waals surface area contributed by atoms with Crippen molar-refractivity contribution in [3.8, 4) is 0 Å². The van der Waals surface area contributed by atoms with Crippen LogP contribution in [0.5, 0.6) is 0 Å². The number of piperidine rings is 1. The molecule has 0 radical (unpaired) electrons. The third kappa shape index (κ3) is 5.77. The molecule has 0 unspecified atom stereocenters. The van der Waals surface area contributed by atoms with Gasteiger partial charge in [-0.3, -0.25) is 14.6 Å². The van der Waals surface area contributed by atoms with Gasteiger partial charge in [0.1, 0.15) is 0 Å². The Hall–Kier alpha value is -2.57. The van der Waals surface area contributed by atoms with E-state index < -0.39 is 0 Å². The lowest BCUT2D eigenvalue weighted by Gasteiger charge is -2.31. The first kappa shape index (κ1) is 23.1. The molecule has 1 aliphatic heterocycles. The summed E-state index contributed by atoms with van der Waals surface area (Å²) in [5.41, 5.74) is 1.43. The van der Waals surface area contributed by atoms with E-state index in [0.717, 1.165) is 62.7 Å². The quantitative estimate of drug-likeness (QED) is 0.541. The highest BCUT2D eigenvalue weighted by Gasteiger charge is 2.42. The molecule has 1 saturated heterocycles. The largest absolute Gasteiger partial charge is 0.355 e. The minimum absolute atomic E-state index is 0.120. The monoisotopic (exact) mass is 427 g/mol. The average molecular weight is 428 g/mol. The summed E-state index contributed by atoms with van der Waals surface area (Å²) in [6.45, 7) is 2.85. The van der Waals surface area contributed by atoms with E-state index in [4.69, 9.17) is 0 Å². The normalized spacial score (nSPS) is 18.5. The molecule has 2 fully saturated rings. The molecule has 3 rings (SSSR count). The smallest absolute Gasteiger partial charge is 0.253 e. The average Bonchev–Trinajstić information content (AvgIpc) is 3.29. The number of carbonyl (C=O) groups excluding carboxylic acids is 2. The van der Waals surface area contributed by atoms with Gasteiger partial charge in [-0.25, -0.2) is 0 Å². The molecule has 2 N–H and O–H groups in total. The van der Waals surface area contributed by atoms with Crippen molar-refractivity contribution in [1.29, 1.82) is 0 Å². The van der Waals surface area contributed by atoms with Crippen LogP contribution in [0.3, 0.4) is 0 Å². The number of amides is 2. The molecule has 7 heteroatoms. The van der Waals surface area contributed by atoms with Crippen molar-refractivity contribution in [1.82, 2.24) is 20.4 Å². The number of nitrogens with zero attached hydrogens (tertiary/aromatic N) is 3. The number of nitrogens with one attached hydrogen (secondary N) is 2. The van der Waals surface area contributed by atoms with Crippen LogP contribution in [0, 0.1) is 5.41 Å². The molecular formula is C24H37N5O2. The summed E-state index contributed by atoms with van der Waals surface area (Å²) >= 11 is 0. The SMILES string of the molecule is CN=C(NCc1cccc(C(=O)N2CCCCC2)c1)NCC1(C(=O)N(C)C)CCCC1. The van der Waals surface area contributed by atoms with Crippen molar-refractivity contribution in [3.63, 3.8) is 0 Å². The van der Waals surface area contributed by atoms with Crippen LogP contribution < -0.4 is 10.6 Å². The number of likely N-dealkylation sites (tertiary alicyclic amines) is 1. The standard InChI is InChI=1S/C24H37N5O2/c1-25-23(27-18-24(12-5-6-13-24)22(31)28(2)3)26-17-19-10-9-11-20(16-19)21(30)29-14-7-4-8-15-29/h9-11,16H,4-8,12-15,17-18H2,1-3H3,(H2,25,26,27). The predicted molar refractivity (Wildman–Crippen MR) is 124 cm³/mol. The summed E-state index contributed by atoms with van der Waals surface area (Å²) in [7, 11) is 5.39. The molecule has 31 heavy (non-hydrogen) atoms. The molecule has 2 amide bonds. The minimum Gasteiger partial charge on any atom is -0.355 e. The maximum absolute atomic E-state index is 12.8. The summed E-state index contributed by atoms with van der Waals surface area (Å²) < 4.78 is 0. The molecular weight excluding hydrogens is 390 g/mol. The van der Waals surface area contributed by atoms with Crippen LogP contribution in [0.4, 0.5) is 0 Å². The van der Waals surface area contributed by atoms with Gasteiger partial charge < -0.3 is 20.4 Å². The summed E-state index contributed by atoms with van der Waals surface area (Å²) in [6, 6.07) is 7.81. The Balaban J connectivity index is 1.57. The Labute approximate surface area is 186 Å². The second-order valence-corrected chi connectivity index (χ2v) is 9.02. The van der Waals surface area contributed by atoms with Crippen molar-refractivity contribution >= 4 is 17.8 Å². The number of rotatable bonds is 6. The van der Waals surface area contributed by atoms with Gasteiger partial charge in [0, 0.05) is 52.9 Å². The second kappa shape index (κ2) is 10.6. The van der Waals surface area contributed by atoms with Crippen molar-refractivity contribution in [2.24, 2.45) is 10.4 Å². The van der Waals surface area contributed by atoms with Crippen LogP contribution in [0.25, 0.3) is 0 Å². The van der Waals surface area contributed by atoms with Gasteiger partial charge in [-0.05, 0) is 49.8 Å². The fraction of sp³-hybridized carbons (Fsp3) is 0.625. The van der Waals surface area contributed by atoms with E-state index in [1.807, 2.05) is 43.3 Å². The number of guanidine groups is 1. The van der Waals surface area contributed by atoms with Crippen molar-refractivity contribution in [2.45, 2.75) is 51.5 Å². The zero-order valence-corrected chi connectivity index (χ0v) is 19.2. The molecule has 170 valence electrons. The minimum atomic E-state index is -0.345. The van der Waals surface area contributed by atoms with Gasteiger partial charge >= 0.3 is 0 Å². The van der Waals surface area contributed by atoms with Gasteiger partial charge in [0.2, 0.25) is 5.91 Å². The Morgan fingerprint density at radius 1 is 1.06 bits per heavy atom. The van der Waals surface area contributed by atoms with E-state index in [-0.39, 0.29) is 17.2 Å². The predicted octanol–water partition coefficient (Wildman–Crippen LogP) is 2.63. The van der Waals surface area contributed by atoms with E-state index in [1.165, 1.54) is 6.42 Å². The third-order valence-electron chi connectivity index (χ3n) is 6.52. The Morgan fingerprint density at radius 3 is 2.42 bits per heavy atom. The molecule has 0 atom stereocenters. The summed E-state index contributed by atoms with van der Waals surface area (Å²) in [5, 5.41) is 6.69. The summed E-state index contributed by atoms with van der Waals surface area (Å²) in [6.07, 6.45) is 7.39. The van der Waals surface area contributed by atoms with Gasteiger partial charge in [0.05, 0.1) is 5.41 Å². The Kier molecular flexibility index (Phi) is 7.93. The van der Waals surface area contributed by atoms with Crippen molar-refractivity contribution in [3.05, 3.63) is 35.4 Å². The second-order valence-electron chi connectivity index (χ2n) is 9.02. The molecule has 1 aliphatic carbocycles. The highest BCUT2D eigenvalue weighted by atomic mass is 16.2. The highest BCUT2D eigenvalue weighted by Crippen LogP contribution is 2.38. The molecule has 7 nitrogen and oxygen atoms in total. The fourth-order valence-electron chi connectivity index (χ4n) is 4.75. The van der Waals surface area contributed by atoms with Gasteiger partial charge in [-0.2, -0.15) is 0 Å². The maximum atomic E-state index is 12.8. The van der Waals surface area contributed by atoms with Crippen molar-refractivity contribution in [2.75, 3.05) is 40.8 Å². The first-order valence-electron chi connectivity index (χ1n) is 11.5. The topological polar surface area (TPSA) is 77.0 Å². The van der Waals surface area contributed by atoms with E-state index in [9.17, 15) is 9.59 Å². The molecule has 1 aromatic rings. The summed E-state index contributed by atoms with van der Waals surface area (Å²) in [4.78, 5) is 33.5. The molecule has 1 aromatic carbocycles. The van der Waals surface area contributed by atoms with E-state index in [0.29, 0.717) is 19.0 Å². The lowest BCUT2D eigenvalue weighted by atomic mass is 9.84. The molecule has 0 spiro atoms. The lowest BCUT2D eigenvalue weighted by Crippen LogP contribution is -2.49. The van der Waals surface area contributed by atoms with Gasteiger partial charge in [0.25, 0.3) is 5.91 Å². The van der Waals surface area contributed by atoms with Gasteiger partial charge in [-0.1, -0.05) is 25.0 Å². The number of benzene rings is 1. The third-order valence-corrected chi connectivity index (χ3v) is 6.52. The molecule has 0 bridgehead atoms. The number of aliphatic imine (C=N–C) groups is 1. The van der Waals surface area contributed by atoms with Crippen LogP contribution in [-0.4, -0.2) is 68.4 Å². The lowest BCUT2D eigenvalue weighted by molar-refractivity contribution is -0.138. The number of hydrogen-bond acceptors (Lipinski definition) is 3. The highest BCUT2D eigenvalue weighted by molar-refractivity contribution is 5.94. The van der Waals surface area contributed by atoms with Gasteiger partial charge in [-0.15, -0.1) is 0 Å². The zero-order valence-electron chi connectivity index (χ0n) is 19.2. The van der Waals surface area contributed by atoms with Crippen LogP contribution in [-0.2, 0) is 11.3 Å². The fourth-order valence-corrected chi connectivity index (χ4v) is 4.75. The number of carbonyl (C=O) groups is 2. The first-order chi connectivity index (χ1) is 14.9. The maximum Gasteiger partial charge on any atom is 0.253 e. The molecule has 1 heterocycles. The number of hydrogen-bond donors (Lipinski definition) is 2. The van der Waals surface area contributed by atoms with E-state index in [2.05, 4.69) is 15.6 Å². The van der Waals surface area contributed by atoms with Crippen molar-refractivity contribution < 1.29 is 9.59 Å². The zero-order chi connectivity index (χ0) is 22.3. The van der Waals surface area contributed by atoms with E-state index >= 15 is 0 Å².